The molecule has 1 aromatic rings. The fourth-order valence-corrected chi connectivity index (χ4v) is 3.69. The summed E-state index contributed by atoms with van der Waals surface area (Å²) in [5.41, 5.74) is 0. The van der Waals surface area contributed by atoms with Crippen molar-refractivity contribution in [3.8, 4) is 0 Å². The zero-order valence-electron chi connectivity index (χ0n) is 15.3. The van der Waals surface area contributed by atoms with Crippen molar-refractivity contribution >= 4 is 41.7 Å². The van der Waals surface area contributed by atoms with Crippen LogP contribution in [0.5, 0.6) is 0 Å². The normalized spacial score (nSPS) is 20.3. The summed E-state index contributed by atoms with van der Waals surface area (Å²) in [7, 11) is 0. The fraction of sp³-hybridized carbons (Fsp3) is 0.722. The molecule has 0 amide bonds. The summed E-state index contributed by atoms with van der Waals surface area (Å²) >= 11 is 1.98. The molecule has 2 rings (SSSR count). The lowest BCUT2D eigenvalue weighted by atomic mass is 10.2. The fourth-order valence-electron chi connectivity index (χ4n) is 2.89. The summed E-state index contributed by atoms with van der Waals surface area (Å²) in [5, 5.41) is 7.83. The van der Waals surface area contributed by atoms with Crippen LogP contribution >= 0.6 is 35.7 Å². The van der Waals surface area contributed by atoms with Crippen LogP contribution in [0.4, 0.5) is 0 Å². The minimum atomic E-state index is 0. The van der Waals surface area contributed by atoms with Crippen LogP contribution in [-0.4, -0.2) is 49.8 Å². The van der Waals surface area contributed by atoms with Gasteiger partial charge >= 0.3 is 0 Å². The van der Waals surface area contributed by atoms with E-state index >= 15 is 0 Å². The number of thioether (sulfide) groups is 1. The van der Waals surface area contributed by atoms with Crippen LogP contribution in [0.15, 0.2) is 27.8 Å². The van der Waals surface area contributed by atoms with Crippen LogP contribution in [-0.2, 0) is 11.2 Å². The Morgan fingerprint density at radius 2 is 2.32 bits per heavy atom. The molecule has 0 aliphatic heterocycles. The highest BCUT2D eigenvalue weighted by molar-refractivity contribution is 14.0. The van der Waals surface area contributed by atoms with Crippen molar-refractivity contribution in [2.75, 3.05) is 32.6 Å². The van der Waals surface area contributed by atoms with E-state index in [0.717, 1.165) is 56.1 Å². The number of hydrogen-bond donors (Lipinski definition) is 2. The summed E-state index contributed by atoms with van der Waals surface area (Å²) in [5.74, 6) is 1.92. The molecule has 2 atom stereocenters. The zero-order chi connectivity index (χ0) is 17.0. The van der Waals surface area contributed by atoms with Crippen molar-refractivity contribution in [1.29, 1.82) is 0 Å². The molecule has 0 saturated heterocycles. The highest BCUT2D eigenvalue weighted by atomic mass is 127. The third-order valence-corrected chi connectivity index (χ3v) is 5.32. The predicted octanol–water partition coefficient (Wildman–Crippen LogP) is 3.69. The molecule has 0 radical (unpaired) electrons. The zero-order valence-corrected chi connectivity index (χ0v) is 18.5. The maximum Gasteiger partial charge on any atom is 0.191 e. The molecule has 1 aliphatic carbocycles. The maximum absolute atomic E-state index is 5.38. The van der Waals surface area contributed by atoms with Gasteiger partial charge in [0.2, 0.25) is 0 Å². The van der Waals surface area contributed by atoms with Gasteiger partial charge in [0.25, 0.3) is 0 Å². The van der Waals surface area contributed by atoms with Gasteiger partial charge in [0.15, 0.2) is 5.96 Å². The van der Waals surface area contributed by atoms with Gasteiger partial charge in [-0.05, 0) is 51.0 Å². The first kappa shape index (κ1) is 22.6. The topological polar surface area (TPSA) is 58.8 Å². The second-order valence-corrected chi connectivity index (χ2v) is 7.19. The van der Waals surface area contributed by atoms with E-state index < -0.39 is 0 Å². The van der Waals surface area contributed by atoms with Gasteiger partial charge in [-0.15, -0.1) is 24.0 Å². The average Bonchev–Trinajstić information content (AvgIpc) is 3.26. The number of rotatable bonds is 10. The number of furan rings is 1. The third-order valence-electron chi connectivity index (χ3n) is 4.22. The van der Waals surface area contributed by atoms with E-state index in [-0.39, 0.29) is 24.0 Å². The molecule has 25 heavy (non-hydrogen) atoms. The first-order valence-electron chi connectivity index (χ1n) is 8.99. The van der Waals surface area contributed by atoms with Gasteiger partial charge in [-0.3, -0.25) is 4.99 Å². The Labute approximate surface area is 173 Å². The molecule has 7 heteroatoms. The van der Waals surface area contributed by atoms with Crippen molar-refractivity contribution in [2.24, 2.45) is 4.99 Å². The number of hydrogen-bond acceptors (Lipinski definition) is 4. The van der Waals surface area contributed by atoms with E-state index in [0.29, 0.717) is 6.04 Å². The highest BCUT2D eigenvalue weighted by Crippen LogP contribution is 2.27. The quantitative estimate of drug-likeness (QED) is 0.231. The lowest BCUT2D eigenvalue weighted by Gasteiger charge is -2.17. The van der Waals surface area contributed by atoms with E-state index in [1.165, 1.54) is 19.3 Å². The van der Waals surface area contributed by atoms with Crippen molar-refractivity contribution in [3.05, 3.63) is 24.2 Å². The van der Waals surface area contributed by atoms with Gasteiger partial charge in [0.05, 0.1) is 6.26 Å². The lowest BCUT2D eigenvalue weighted by Crippen LogP contribution is -2.43. The van der Waals surface area contributed by atoms with Gasteiger partial charge in [-0.25, -0.2) is 0 Å². The Kier molecular flexibility index (Phi) is 12.4. The van der Waals surface area contributed by atoms with Crippen molar-refractivity contribution < 1.29 is 9.15 Å². The van der Waals surface area contributed by atoms with Crippen molar-refractivity contribution in [2.45, 2.75) is 50.3 Å². The van der Waals surface area contributed by atoms with Crippen LogP contribution in [0.1, 0.15) is 38.4 Å². The minimum absolute atomic E-state index is 0. The van der Waals surface area contributed by atoms with Crippen molar-refractivity contribution in [1.82, 2.24) is 10.6 Å². The standard InChI is InChI=1S/C18H31N3O2S.HI/c1-3-22-12-5-10-19-18(20-11-9-16-6-4-13-23-16)21-15-7-8-17(14-15)24-2;/h4,6,13,15,17H,3,5,7-12,14H2,1-2H3,(H2,19,20,21);1H. The Bertz CT molecular complexity index is 471. The number of ether oxygens (including phenoxy) is 1. The molecule has 1 aromatic heterocycles. The second kappa shape index (κ2) is 13.7. The van der Waals surface area contributed by atoms with Crippen LogP contribution in [0.2, 0.25) is 0 Å². The van der Waals surface area contributed by atoms with E-state index in [1.54, 1.807) is 6.26 Å². The second-order valence-electron chi connectivity index (χ2n) is 6.05. The molecule has 5 nitrogen and oxygen atoms in total. The molecule has 0 aromatic carbocycles. The van der Waals surface area contributed by atoms with Gasteiger partial charge in [-0.1, -0.05) is 0 Å². The van der Waals surface area contributed by atoms with E-state index in [1.807, 2.05) is 30.8 Å². The summed E-state index contributed by atoms with van der Waals surface area (Å²) < 4.78 is 10.8. The Hall–Kier alpha value is -0.410. The van der Waals surface area contributed by atoms with Crippen LogP contribution in [0.25, 0.3) is 0 Å². The Morgan fingerprint density at radius 3 is 3.00 bits per heavy atom. The smallest absolute Gasteiger partial charge is 0.191 e. The average molecular weight is 481 g/mol. The number of aliphatic imine (C=N–C) groups is 1. The lowest BCUT2D eigenvalue weighted by molar-refractivity contribution is 0.146. The Balaban J connectivity index is 0.00000312. The third kappa shape index (κ3) is 9.19. The SMILES string of the molecule is CCOCCCN=C(NCCc1ccco1)NC1CCC(SC)C1.I. The van der Waals surface area contributed by atoms with Crippen LogP contribution in [0.3, 0.4) is 0 Å². The molecule has 144 valence electrons. The maximum atomic E-state index is 5.38. The molecule has 1 heterocycles. The number of nitrogens with zero attached hydrogens (tertiary/aromatic N) is 1. The van der Waals surface area contributed by atoms with Gasteiger partial charge in [0, 0.05) is 44.0 Å². The number of halogens is 1. The molecule has 1 saturated carbocycles. The summed E-state index contributed by atoms with van der Waals surface area (Å²) in [6.07, 6.45) is 9.49. The molecule has 1 fully saturated rings. The Morgan fingerprint density at radius 1 is 1.44 bits per heavy atom. The van der Waals surface area contributed by atoms with E-state index in [9.17, 15) is 0 Å². The summed E-state index contributed by atoms with van der Waals surface area (Å²) in [4.78, 5) is 4.71. The van der Waals surface area contributed by atoms with Crippen LogP contribution in [0, 0.1) is 0 Å². The molecule has 1 aliphatic rings. The van der Waals surface area contributed by atoms with Gasteiger partial charge < -0.3 is 19.8 Å². The first-order valence-corrected chi connectivity index (χ1v) is 10.3. The first-order chi connectivity index (χ1) is 11.8. The summed E-state index contributed by atoms with van der Waals surface area (Å²) in [6.45, 7) is 5.18. The number of guanidine groups is 1. The van der Waals surface area contributed by atoms with E-state index in [4.69, 9.17) is 14.1 Å². The van der Waals surface area contributed by atoms with E-state index in [2.05, 4.69) is 16.9 Å². The molecular formula is C18H32IN3O2S. The van der Waals surface area contributed by atoms with Gasteiger partial charge in [0.1, 0.15) is 5.76 Å². The summed E-state index contributed by atoms with van der Waals surface area (Å²) in [6, 6.07) is 4.47. The predicted molar refractivity (Wildman–Crippen MR) is 117 cm³/mol. The monoisotopic (exact) mass is 481 g/mol. The minimum Gasteiger partial charge on any atom is -0.469 e. The molecule has 0 bridgehead atoms. The molecule has 2 N–H and O–H groups in total. The van der Waals surface area contributed by atoms with Gasteiger partial charge in [-0.2, -0.15) is 11.8 Å². The van der Waals surface area contributed by atoms with Crippen LogP contribution < -0.4 is 10.6 Å². The molecule has 0 spiro atoms. The van der Waals surface area contributed by atoms with Crippen molar-refractivity contribution in [3.63, 3.8) is 0 Å². The largest absolute Gasteiger partial charge is 0.469 e. The molecule has 2 unspecified atom stereocenters. The highest BCUT2D eigenvalue weighted by Gasteiger charge is 2.24. The number of nitrogens with one attached hydrogen (secondary N) is 2. The molecular weight excluding hydrogens is 449 g/mol.